The zero-order valence-electron chi connectivity index (χ0n) is 10.4. The highest BCUT2D eigenvalue weighted by Gasteiger charge is 2.16. The summed E-state index contributed by atoms with van der Waals surface area (Å²) in [4.78, 5) is 0. The van der Waals surface area contributed by atoms with Crippen molar-refractivity contribution >= 4 is 33.3 Å². The molecule has 3 aromatic rings. The lowest BCUT2D eigenvalue weighted by Crippen LogP contribution is -1.89. The minimum absolute atomic E-state index is 0.438. The molecular formula is C15H11BrClN3. The second kappa shape index (κ2) is 5.31. The Hall–Kier alpha value is -1.78. The van der Waals surface area contributed by atoms with Gasteiger partial charge >= 0.3 is 0 Å². The van der Waals surface area contributed by atoms with E-state index in [1.807, 2.05) is 48.5 Å². The van der Waals surface area contributed by atoms with Gasteiger partial charge in [-0.1, -0.05) is 57.9 Å². The summed E-state index contributed by atoms with van der Waals surface area (Å²) in [6.07, 6.45) is 0. The molecule has 0 aliphatic rings. The van der Waals surface area contributed by atoms with Crippen molar-refractivity contribution < 1.29 is 0 Å². The fourth-order valence-corrected chi connectivity index (χ4v) is 2.77. The largest absolute Gasteiger partial charge is 0.382 e. The van der Waals surface area contributed by atoms with Crippen molar-refractivity contribution in [3.05, 3.63) is 58.0 Å². The lowest BCUT2D eigenvalue weighted by atomic mass is 10.0. The van der Waals surface area contributed by atoms with Gasteiger partial charge in [0.05, 0.1) is 11.3 Å². The molecular weight excluding hydrogens is 338 g/mol. The molecule has 0 aliphatic heterocycles. The van der Waals surface area contributed by atoms with Gasteiger partial charge in [0.1, 0.15) is 0 Å². The van der Waals surface area contributed by atoms with Crippen LogP contribution < -0.4 is 5.73 Å². The number of H-pyrrole nitrogens is 1. The standard InChI is InChI=1S/C15H11BrClN3/c16-10-5-3-4-9(8-10)14-13(15(18)20-19-14)11-6-1-2-7-12(11)17/h1-8H,(H3,18,19,20). The maximum absolute atomic E-state index is 6.27. The Morgan fingerprint density at radius 1 is 1.10 bits per heavy atom. The van der Waals surface area contributed by atoms with Crippen LogP contribution in [0.4, 0.5) is 5.82 Å². The third kappa shape index (κ3) is 2.32. The number of nitrogens with two attached hydrogens (primary N) is 1. The van der Waals surface area contributed by atoms with Crippen LogP contribution in [0.25, 0.3) is 22.4 Å². The van der Waals surface area contributed by atoms with Gasteiger partial charge in [-0.2, -0.15) is 5.10 Å². The van der Waals surface area contributed by atoms with Gasteiger partial charge in [-0.05, 0) is 18.2 Å². The van der Waals surface area contributed by atoms with Crippen LogP contribution in [0, 0.1) is 0 Å². The molecule has 3 nitrogen and oxygen atoms in total. The van der Waals surface area contributed by atoms with Crippen LogP contribution in [0.3, 0.4) is 0 Å². The molecule has 3 rings (SSSR count). The average molecular weight is 349 g/mol. The maximum Gasteiger partial charge on any atom is 0.153 e. The number of nitrogens with zero attached hydrogens (tertiary/aromatic N) is 1. The molecule has 5 heteroatoms. The summed E-state index contributed by atoms with van der Waals surface area (Å²) in [6, 6.07) is 15.5. The highest BCUT2D eigenvalue weighted by atomic mass is 79.9. The predicted molar refractivity (Wildman–Crippen MR) is 86.6 cm³/mol. The summed E-state index contributed by atoms with van der Waals surface area (Å²) >= 11 is 9.74. The topological polar surface area (TPSA) is 54.7 Å². The van der Waals surface area contributed by atoms with Crippen LogP contribution in [-0.4, -0.2) is 10.2 Å². The number of rotatable bonds is 2. The first-order chi connectivity index (χ1) is 9.66. The van der Waals surface area contributed by atoms with Gasteiger partial charge in [-0.15, -0.1) is 0 Å². The lowest BCUT2D eigenvalue weighted by molar-refractivity contribution is 1.10. The smallest absolute Gasteiger partial charge is 0.153 e. The third-order valence-electron chi connectivity index (χ3n) is 3.05. The van der Waals surface area contributed by atoms with Gasteiger partial charge in [0.25, 0.3) is 0 Å². The zero-order chi connectivity index (χ0) is 14.1. The average Bonchev–Trinajstić information content (AvgIpc) is 2.81. The van der Waals surface area contributed by atoms with E-state index in [-0.39, 0.29) is 0 Å². The summed E-state index contributed by atoms with van der Waals surface area (Å²) in [5.41, 5.74) is 9.56. The molecule has 0 unspecified atom stereocenters. The molecule has 3 N–H and O–H groups in total. The second-order valence-corrected chi connectivity index (χ2v) is 5.67. The van der Waals surface area contributed by atoms with Crippen LogP contribution in [0.5, 0.6) is 0 Å². The Labute approximate surface area is 129 Å². The minimum Gasteiger partial charge on any atom is -0.382 e. The summed E-state index contributed by atoms with van der Waals surface area (Å²) in [6.45, 7) is 0. The third-order valence-corrected chi connectivity index (χ3v) is 3.87. The summed E-state index contributed by atoms with van der Waals surface area (Å²) < 4.78 is 0.994. The van der Waals surface area contributed by atoms with E-state index in [0.717, 1.165) is 26.9 Å². The van der Waals surface area contributed by atoms with E-state index in [9.17, 15) is 0 Å². The molecule has 100 valence electrons. The van der Waals surface area contributed by atoms with E-state index in [2.05, 4.69) is 26.1 Å². The molecule has 0 saturated carbocycles. The first-order valence-electron chi connectivity index (χ1n) is 6.01. The maximum atomic E-state index is 6.27. The number of halogens is 2. The molecule has 0 saturated heterocycles. The summed E-state index contributed by atoms with van der Waals surface area (Å²) in [5.74, 6) is 0.438. The normalized spacial score (nSPS) is 10.7. The number of aromatic amines is 1. The van der Waals surface area contributed by atoms with E-state index in [4.69, 9.17) is 17.3 Å². The van der Waals surface area contributed by atoms with Crippen molar-refractivity contribution in [2.75, 3.05) is 5.73 Å². The number of nitrogen functional groups attached to an aromatic ring is 1. The monoisotopic (exact) mass is 347 g/mol. The fourth-order valence-electron chi connectivity index (χ4n) is 2.15. The Morgan fingerprint density at radius 3 is 2.65 bits per heavy atom. The number of benzene rings is 2. The van der Waals surface area contributed by atoms with Crippen LogP contribution in [0.2, 0.25) is 5.02 Å². The van der Waals surface area contributed by atoms with E-state index < -0.39 is 0 Å². The summed E-state index contributed by atoms with van der Waals surface area (Å²) in [5, 5.41) is 7.76. The minimum atomic E-state index is 0.438. The molecule has 20 heavy (non-hydrogen) atoms. The molecule has 0 atom stereocenters. The van der Waals surface area contributed by atoms with E-state index in [1.165, 1.54) is 0 Å². The first-order valence-corrected chi connectivity index (χ1v) is 7.18. The Bertz CT molecular complexity index is 767. The molecule has 1 aromatic heterocycles. The second-order valence-electron chi connectivity index (χ2n) is 4.35. The van der Waals surface area contributed by atoms with E-state index >= 15 is 0 Å². The van der Waals surface area contributed by atoms with Crippen LogP contribution >= 0.6 is 27.5 Å². The number of hydrogen-bond donors (Lipinski definition) is 2. The summed E-state index contributed by atoms with van der Waals surface area (Å²) in [7, 11) is 0. The zero-order valence-corrected chi connectivity index (χ0v) is 12.7. The Morgan fingerprint density at radius 2 is 1.90 bits per heavy atom. The molecule has 0 spiro atoms. The SMILES string of the molecule is Nc1n[nH]c(-c2cccc(Br)c2)c1-c1ccccc1Cl. The quantitative estimate of drug-likeness (QED) is 0.702. The van der Waals surface area contributed by atoms with Crippen LogP contribution in [0.15, 0.2) is 53.0 Å². The highest BCUT2D eigenvalue weighted by Crippen LogP contribution is 2.38. The molecule has 0 fully saturated rings. The van der Waals surface area contributed by atoms with Gasteiger partial charge < -0.3 is 5.73 Å². The highest BCUT2D eigenvalue weighted by molar-refractivity contribution is 9.10. The van der Waals surface area contributed by atoms with Crippen molar-refractivity contribution in [3.63, 3.8) is 0 Å². The van der Waals surface area contributed by atoms with Gasteiger partial charge in [0.15, 0.2) is 5.82 Å². The van der Waals surface area contributed by atoms with E-state index in [0.29, 0.717) is 10.8 Å². The van der Waals surface area contributed by atoms with Gasteiger partial charge in [0.2, 0.25) is 0 Å². The van der Waals surface area contributed by atoms with Crippen LogP contribution in [0.1, 0.15) is 0 Å². The number of anilines is 1. The van der Waals surface area contributed by atoms with Crippen LogP contribution in [-0.2, 0) is 0 Å². The Kier molecular flexibility index (Phi) is 3.51. The van der Waals surface area contributed by atoms with Crippen molar-refractivity contribution in [1.82, 2.24) is 10.2 Å². The number of aromatic nitrogens is 2. The van der Waals surface area contributed by atoms with Crippen molar-refractivity contribution in [1.29, 1.82) is 0 Å². The van der Waals surface area contributed by atoms with Crippen molar-refractivity contribution in [3.8, 4) is 22.4 Å². The number of nitrogens with one attached hydrogen (secondary N) is 1. The lowest BCUT2D eigenvalue weighted by Gasteiger charge is -2.07. The fraction of sp³-hybridized carbons (Fsp3) is 0. The van der Waals surface area contributed by atoms with Crippen molar-refractivity contribution in [2.45, 2.75) is 0 Å². The Balaban J connectivity index is 2.23. The first kappa shape index (κ1) is 13.2. The predicted octanol–water partition coefficient (Wildman–Crippen LogP) is 4.74. The van der Waals surface area contributed by atoms with Gasteiger partial charge in [0, 0.05) is 20.6 Å². The van der Waals surface area contributed by atoms with Gasteiger partial charge in [-0.25, -0.2) is 0 Å². The molecule has 0 aliphatic carbocycles. The molecule has 0 amide bonds. The molecule has 0 radical (unpaired) electrons. The molecule has 1 heterocycles. The van der Waals surface area contributed by atoms with Gasteiger partial charge in [-0.3, -0.25) is 5.10 Å². The van der Waals surface area contributed by atoms with E-state index in [1.54, 1.807) is 0 Å². The molecule has 2 aromatic carbocycles. The molecule has 0 bridgehead atoms. The van der Waals surface area contributed by atoms with Crippen molar-refractivity contribution in [2.24, 2.45) is 0 Å². The number of hydrogen-bond acceptors (Lipinski definition) is 2.